The van der Waals surface area contributed by atoms with E-state index in [1.54, 1.807) is 24.3 Å². The predicted octanol–water partition coefficient (Wildman–Crippen LogP) is 7.06. The van der Waals surface area contributed by atoms with Crippen LogP contribution in [0.4, 0.5) is 5.69 Å². The van der Waals surface area contributed by atoms with Crippen molar-refractivity contribution in [3.05, 3.63) is 118 Å². The molecular formula is C39H44BrN3O6S. The first kappa shape index (κ1) is 36.9. The molecule has 2 amide bonds. The van der Waals surface area contributed by atoms with Crippen LogP contribution in [0.1, 0.15) is 48.8 Å². The van der Waals surface area contributed by atoms with E-state index in [-0.39, 0.29) is 35.6 Å². The number of aryl methyl sites for hydroxylation is 1. The standard InChI is InChI=1S/C39H44BrN3O6S/c1-28-14-20-33(21-15-28)43(50(46,47)34-22-23-36(48-2)37(25-34)49-3)27-38(44)42(26-30-16-18-31(40)19-17-30)35(24-29-10-6-4-7-11-29)39(45)41-32-12-8-5-9-13-32/h4,6-7,10-11,14-23,25,32,35H,5,8-9,12-13,24,26-27H2,1-3H3,(H,41,45)/t35-/m0/s1. The van der Waals surface area contributed by atoms with Gasteiger partial charge in [-0.1, -0.05) is 95.4 Å². The molecule has 1 fully saturated rings. The van der Waals surface area contributed by atoms with Crippen LogP contribution in [0, 0.1) is 6.92 Å². The molecule has 4 aromatic carbocycles. The Bertz CT molecular complexity index is 1850. The number of hydrogen-bond donors (Lipinski definition) is 1. The monoisotopic (exact) mass is 761 g/mol. The van der Waals surface area contributed by atoms with Gasteiger partial charge in [0.15, 0.2) is 11.5 Å². The summed E-state index contributed by atoms with van der Waals surface area (Å²) in [6.07, 6.45) is 5.24. The van der Waals surface area contributed by atoms with Crippen molar-refractivity contribution in [3.63, 3.8) is 0 Å². The molecule has 0 aliphatic heterocycles. The number of rotatable bonds is 14. The first-order valence-corrected chi connectivity index (χ1v) is 19.0. The maximum atomic E-state index is 14.8. The Labute approximate surface area is 303 Å². The van der Waals surface area contributed by atoms with E-state index in [0.29, 0.717) is 11.4 Å². The quantitative estimate of drug-likeness (QED) is 0.148. The molecule has 1 saturated carbocycles. The van der Waals surface area contributed by atoms with Crippen molar-refractivity contribution in [3.8, 4) is 11.5 Å². The summed E-state index contributed by atoms with van der Waals surface area (Å²) in [5.74, 6) is -0.158. The lowest BCUT2D eigenvalue weighted by molar-refractivity contribution is -0.140. The van der Waals surface area contributed by atoms with E-state index in [2.05, 4.69) is 21.2 Å². The minimum absolute atomic E-state index is 0.0219. The number of benzene rings is 4. The van der Waals surface area contributed by atoms with Crippen LogP contribution in [0.15, 0.2) is 106 Å². The fourth-order valence-electron chi connectivity index (χ4n) is 6.23. The zero-order chi connectivity index (χ0) is 35.7. The van der Waals surface area contributed by atoms with Gasteiger partial charge in [-0.3, -0.25) is 13.9 Å². The number of carbonyl (C=O) groups excluding carboxylic acids is 2. The summed E-state index contributed by atoms with van der Waals surface area (Å²) < 4.78 is 41.7. The number of nitrogens with zero attached hydrogens (tertiary/aromatic N) is 2. The second-order valence-electron chi connectivity index (χ2n) is 12.6. The largest absolute Gasteiger partial charge is 0.493 e. The molecule has 0 aromatic heterocycles. The average molecular weight is 763 g/mol. The molecule has 0 saturated heterocycles. The topological polar surface area (TPSA) is 105 Å². The molecule has 4 aromatic rings. The fraction of sp³-hybridized carbons (Fsp3) is 0.333. The van der Waals surface area contributed by atoms with Crippen LogP contribution in [0.25, 0.3) is 0 Å². The van der Waals surface area contributed by atoms with Gasteiger partial charge in [-0.15, -0.1) is 0 Å². The minimum Gasteiger partial charge on any atom is -0.493 e. The van der Waals surface area contributed by atoms with Gasteiger partial charge in [0.1, 0.15) is 12.6 Å². The number of amides is 2. The van der Waals surface area contributed by atoms with Gasteiger partial charge in [0.2, 0.25) is 11.8 Å². The molecule has 1 aliphatic rings. The second kappa shape index (κ2) is 17.0. The summed E-state index contributed by atoms with van der Waals surface area (Å²) in [6, 6.07) is 27.5. The van der Waals surface area contributed by atoms with E-state index in [0.717, 1.165) is 57.6 Å². The molecule has 0 heterocycles. The van der Waals surface area contributed by atoms with Gasteiger partial charge < -0.3 is 19.7 Å². The highest BCUT2D eigenvalue weighted by Gasteiger charge is 2.35. The van der Waals surface area contributed by atoms with Crippen LogP contribution >= 0.6 is 15.9 Å². The van der Waals surface area contributed by atoms with Gasteiger partial charge in [-0.25, -0.2) is 8.42 Å². The second-order valence-corrected chi connectivity index (χ2v) is 15.3. The third-order valence-corrected chi connectivity index (χ3v) is 11.3. The molecule has 0 bridgehead atoms. The van der Waals surface area contributed by atoms with E-state index in [9.17, 15) is 18.0 Å². The van der Waals surface area contributed by atoms with Gasteiger partial charge >= 0.3 is 0 Å². The van der Waals surface area contributed by atoms with Gasteiger partial charge in [-0.05, 0) is 67.3 Å². The van der Waals surface area contributed by atoms with Crippen molar-refractivity contribution in [1.82, 2.24) is 10.2 Å². The Hall–Kier alpha value is -4.35. The molecule has 11 heteroatoms. The number of nitrogens with one attached hydrogen (secondary N) is 1. The van der Waals surface area contributed by atoms with Crippen LogP contribution < -0.4 is 19.1 Å². The van der Waals surface area contributed by atoms with Crippen molar-refractivity contribution in [2.45, 2.75) is 69.0 Å². The molecule has 5 rings (SSSR count). The van der Waals surface area contributed by atoms with E-state index >= 15 is 0 Å². The van der Waals surface area contributed by atoms with Gasteiger partial charge in [0.05, 0.1) is 24.8 Å². The summed E-state index contributed by atoms with van der Waals surface area (Å²) in [7, 11) is -1.41. The number of sulfonamides is 1. The molecule has 1 atom stereocenters. The molecule has 1 N–H and O–H groups in total. The van der Waals surface area contributed by atoms with Crippen molar-refractivity contribution >= 4 is 43.5 Å². The van der Waals surface area contributed by atoms with Gasteiger partial charge in [0, 0.05) is 29.5 Å². The first-order chi connectivity index (χ1) is 24.1. The summed E-state index contributed by atoms with van der Waals surface area (Å²) in [5.41, 5.74) is 2.93. The smallest absolute Gasteiger partial charge is 0.264 e. The molecule has 9 nitrogen and oxygen atoms in total. The number of hydrogen-bond acceptors (Lipinski definition) is 6. The first-order valence-electron chi connectivity index (χ1n) is 16.8. The molecule has 264 valence electrons. The lowest BCUT2D eigenvalue weighted by atomic mass is 9.94. The number of halogens is 1. The lowest BCUT2D eigenvalue weighted by Gasteiger charge is -2.35. The van der Waals surface area contributed by atoms with Crippen molar-refractivity contribution in [1.29, 1.82) is 0 Å². The number of ether oxygens (including phenoxy) is 2. The van der Waals surface area contributed by atoms with E-state index in [4.69, 9.17) is 9.47 Å². The van der Waals surface area contributed by atoms with Crippen LogP contribution in [-0.2, 0) is 32.6 Å². The Morgan fingerprint density at radius 3 is 2.14 bits per heavy atom. The van der Waals surface area contributed by atoms with Crippen molar-refractivity contribution < 1.29 is 27.5 Å². The number of carbonyl (C=O) groups is 2. The summed E-state index contributed by atoms with van der Waals surface area (Å²) in [5, 5.41) is 3.24. The van der Waals surface area contributed by atoms with Crippen LogP contribution in [0.3, 0.4) is 0 Å². The molecule has 0 spiro atoms. The number of anilines is 1. The van der Waals surface area contributed by atoms with E-state index < -0.39 is 28.5 Å². The lowest BCUT2D eigenvalue weighted by Crippen LogP contribution is -2.55. The highest BCUT2D eigenvalue weighted by atomic mass is 79.9. The zero-order valence-electron chi connectivity index (χ0n) is 28.7. The highest BCUT2D eigenvalue weighted by molar-refractivity contribution is 9.10. The van der Waals surface area contributed by atoms with Crippen molar-refractivity contribution in [2.75, 3.05) is 25.1 Å². The molecule has 1 aliphatic carbocycles. The Kier molecular flexibility index (Phi) is 12.6. The number of methoxy groups -OCH3 is 2. The third-order valence-electron chi connectivity index (χ3n) is 9.03. The molecular weight excluding hydrogens is 718 g/mol. The summed E-state index contributed by atoms with van der Waals surface area (Å²) >= 11 is 3.48. The molecule has 0 radical (unpaired) electrons. The van der Waals surface area contributed by atoms with Crippen LogP contribution in [-0.4, -0.2) is 58.0 Å². The normalized spacial score (nSPS) is 14.0. The average Bonchev–Trinajstić information content (AvgIpc) is 3.13. The Morgan fingerprint density at radius 2 is 1.50 bits per heavy atom. The molecule has 50 heavy (non-hydrogen) atoms. The maximum Gasteiger partial charge on any atom is 0.264 e. The van der Waals surface area contributed by atoms with Crippen LogP contribution in [0.2, 0.25) is 0 Å². The fourth-order valence-corrected chi connectivity index (χ4v) is 7.92. The predicted molar refractivity (Wildman–Crippen MR) is 199 cm³/mol. The Balaban J connectivity index is 1.57. The van der Waals surface area contributed by atoms with E-state index in [1.165, 1.54) is 37.3 Å². The van der Waals surface area contributed by atoms with E-state index in [1.807, 2.05) is 61.5 Å². The van der Waals surface area contributed by atoms with Gasteiger partial charge in [-0.2, -0.15) is 0 Å². The van der Waals surface area contributed by atoms with Crippen molar-refractivity contribution in [2.24, 2.45) is 0 Å². The SMILES string of the molecule is COc1ccc(S(=O)(=O)N(CC(=O)N(Cc2ccc(Br)cc2)[C@@H](Cc2ccccc2)C(=O)NC2CCCCC2)c2ccc(C)cc2)cc1OC. The maximum absolute atomic E-state index is 14.8. The van der Waals surface area contributed by atoms with Gasteiger partial charge in [0.25, 0.3) is 10.0 Å². The van der Waals surface area contributed by atoms with Crippen LogP contribution in [0.5, 0.6) is 11.5 Å². The molecule has 0 unspecified atom stereocenters. The summed E-state index contributed by atoms with van der Waals surface area (Å²) in [6.45, 7) is 1.46. The summed E-state index contributed by atoms with van der Waals surface area (Å²) in [4.78, 5) is 30.5. The highest BCUT2D eigenvalue weighted by Crippen LogP contribution is 2.33. The third kappa shape index (κ3) is 9.25. The minimum atomic E-state index is -4.32. The Morgan fingerprint density at radius 1 is 0.840 bits per heavy atom. The zero-order valence-corrected chi connectivity index (χ0v) is 31.1.